The molecule has 114 valence electrons. The highest BCUT2D eigenvalue weighted by molar-refractivity contribution is 4.90. The average Bonchev–Trinajstić information content (AvgIpc) is 2.52. The van der Waals surface area contributed by atoms with Crippen LogP contribution in [0.5, 0.6) is 0 Å². The van der Waals surface area contributed by atoms with Gasteiger partial charge in [0.05, 0.1) is 0 Å². The van der Waals surface area contributed by atoms with Crippen molar-refractivity contribution in [2.24, 2.45) is 5.92 Å². The van der Waals surface area contributed by atoms with Crippen LogP contribution in [0, 0.1) is 18.3 Å². The van der Waals surface area contributed by atoms with E-state index in [0.717, 1.165) is 24.4 Å². The van der Waals surface area contributed by atoms with Gasteiger partial charge < -0.3 is 5.32 Å². The molecule has 2 nitrogen and oxygen atoms in total. The molecule has 0 spiro atoms. The lowest BCUT2D eigenvalue weighted by molar-refractivity contribution is 0.0921. The monoisotopic (exact) mass is 276 g/mol. The molecule has 0 radical (unpaired) electrons. The summed E-state index contributed by atoms with van der Waals surface area (Å²) < 4.78 is 0. The minimum absolute atomic E-state index is 0.737. The molecule has 1 heterocycles. The first-order chi connectivity index (χ1) is 9.85. The molecule has 1 N–H and O–H groups in total. The molecule has 2 atom stereocenters. The predicted molar refractivity (Wildman–Crippen MR) is 86.7 cm³/mol. The molecule has 2 rings (SSSR count). The lowest BCUT2D eigenvalue weighted by Crippen LogP contribution is -2.58. The van der Waals surface area contributed by atoms with Gasteiger partial charge in [0.15, 0.2) is 0 Å². The zero-order valence-corrected chi connectivity index (χ0v) is 13.2. The van der Waals surface area contributed by atoms with Crippen LogP contribution in [0.15, 0.2) is 0 Å². The van der Waals surface area contributed by atoms with Crippen molar-refractivity contribution in [2.75, 3.05) is 19.6 Å². The molecule has 0 aromatic carbocycles. The Morgan fingerprint density at radius 1 is 1.20 bits per heavy atom. The fraction of sp³-hybridized carbons (Fsp3) is 0.889. The highest BCUT2D eigenvalue weighted by Crippen LogP contribution is 2.28. The Labute approximate surface area is 125 Å². The van der Waals surface area contributed by atoms with Gasteiger partial charge in [-0.05, 0) is 44.6 Å². The Kier molecular flexibility index (Phi) is 6.90. The van der Waals surface area contributed by atoms with Crippen LogP contribution in [0.3, 0.4) is 0 Å². The van der Waals surface area contributed by atoms with E-state index in [4.69, 9.17) is 6.42 Å². The van der Waals surface area contributed by atoms with E-state index in [1.165, 1.54) is 71.0 Å². The van der Waals surface area contributed by atoms with E-state index in [2.05, 4.69) is 23.1 Å². The van der Waals surface area contributed by atoms with Crippen molar-refractivity contribution >= 4 is 0 Å². The Morgan fingerprint density at radius 3 is 2.70 bits per heavy atom. The fourth-order valence-electron chi connectivity index (χ4n) is 3.95. The minimum Gasteiger partial charge on any atom is -0.311 e. The van der Waals surface area contributed by atoms with Crippen LogP contribution in [0.2, 0.25) is 0 Å². The number of terminal acetylenes is 1. The fourth-order valence-corrected chi connectivity index (χ4v) is 3.95. The van der Waals surface area contributed by atoms with E-state index >= 15 is 0 Å². The molecule has 1 aliphatic carbocycles. The van der Waals surface area contributed by atoms with E-state index in [1.54, 1.807) is 0 Å². The maximum atomic E-state index is 5.35. The van der Waals surface area contributed by atoms with Crippen LogP contribution in [0.4, 0.5) is 0 Å². The molecule has 2 unspecified atom stereocenters. The molecule has 1 aliphatic heterocycles. The van der Waals surface area contributed by atoms with Crippen LogP contribution >= 0.6 is 0 Å². The number of rotatable bonds is 6. The van der Waals surface area contributed by atoms with Crippen molar-refractivity contribution in [3.8, 4) is 12.3 Å². The van der Waals surface area contributed by atoms with Crippen LogP contribution in [-0.2, 0) is 0 Å². The summed E-state index contributed by atoms with van der Waals surface area (Å²) in [6.07, 6.45) is 17.2. The third kappa shape index (κ3) is 4.50. The maximum absolute atomic E-state index is 5.35. The summed E-state index contributed by atoms with van der Waals surface area (Å²) in [6, 6.07) is 1.48. The number of nitrogens with one attached hydrogen (secondary N) is 1. The summed E-state index contributed by atoms with van der Waals surface area (Å²) in [5.41, 5.74) is 0. The quantitative estimate of drug-likeness (QED) is 0.591. The zero-order valence-electron chi connectivity index (χ0n) is 13.2. The van der Waals surface area contributed by atoms with E-state index in [9.17, 15) is 0 Å². The Hall–Kier alpha value is -0.520. The van der Waals surface area contributed by atoms with Gasteiger partial charge in [-0.3, -0.25) is 4.90 Å². The smallest absolute Gasteiger partial charge is 0.0224 e. The van der Waals surface area contributed by atoms with Gasteiger partial charge in [-0.2, -0.15) is 0 Å². The number of piperazine rings is 1. The van der Waals surface area contributed by atoms with Gasteiger partial charge in [0, 0.05) is 31.6 Å². The summed E-state index contributed by atoms with van der Waals surface area (Å²) in [4.78, 5) is 2.74. The average molecular weight is 276 g/mol. The number of unbranched alkanes of at least 4 members (excludes halogenated alkanes) is 2. The number of hydrogen-bond donors (Lipinski definition) is 1. The van der Waals surface area contributed by atoms with Gasteiger partial charge in [0.25, 0.3) is 0 Å². The summed E-state index contributed by atoms with van der Waals surface area (Å²) >= 11 is 0. The lowest BCUT2D eigenvalue weighted by atomic mass is 9.82. The molecule has 20 heavy (non-hydrogen) atoms. The van der Waals surface area contributed by atoms with E-state index < -0.39 is 0 Å². The van der Waals surface area contributed by atoms with E-state index in [-0.39, 0.29) is 0 Å². The molecule has 2 aliphatic rings. The van der Waals surface area contributed by atoms with Crippen molar-refractivity contribution in [3.63, 3.8) is 0 Å². The van der Waals surface area contributed by atoms with Crippen molar-refractivity contribution in [1.82, 2.24) is 10.2 Å². The Bertz CT molecular complexity index is 301. The molecule has 0 amide bonds. The first-order valence-corrected chi connectivity index (χ1v) is 8.76. The summed E-state index contributed by atoms with van der Waals surface area (Å²) in [5, 5.41) is 3.85. The van der Waals surface area contributed by atoms with Crippen LogP contribution in [0.25, 0.3) is 0 Å². The maximum Gasteiger partial charge on any atom is 0.0224 e. The van der Waals surface area contributed by atoms with Gasteiger partial charge in [-0.25, -0.2) is 0 Å². The SMILES string of the molecule is C#CCCCCN1CC(C2CCCCC2)NCC1CC. The third-order valence-corrected chi connectivity index (χ3v) is 5.27. The highest BCUT2D eigenvalue weighted by Gasteiger charge is 2.31. The molecule has 0 aromatic rings. The molecule has 0 bridgehead atoms. The van der Waals surface area contributed by atoms with Gasteiger partial charge in [-0.15, -0.1) is 12.3 Å². The molecular formula is C18H32N2. The lowest BCUT2D eigenvalue weighted by Gasteiger charge is -2.44. The largest absolute Gasteiger partial charge is 0.311 e. The number of nitrogens with zero attached hydrogens (tertiary/aromatic N) is 1. The van der Waals surface area contributed by atoms with Crippen molar-refractivity contribution < 1.29 is 0 Å². The Morgan fingerprint density at radius 2 is 2.00 bits per heavy atom. The first kappa shape index (κ1) is 15.9. The second-order valence-corrected chi connectivity index (χ2v) is 6.63. The Balaban J connectivity index is 1.81. The van der Waals surface area contributed by atoms with E-state index in [0.29, 0.717) is 0 Å². The minimum atomic E-state index is 0.737. The molecular weight excluding hydrogens is 244 g/mol. The van der Waals surface area contributed by atoms with Crippen LogP contribution in [-0.4, -0.2) is 36.6 Å². The molecule has 2 heteroatoms. The van der Waals surface area contributed by atoms with E-state index in [1.807, 2.05) is 0 Å². The number of hydrogen-bond acceptors (Lipinski definition) is 2. The molecule has 2 fully saturated rings. The molecule has 0 aromatic heterocycles. The van der Waals surface area contributed by atoms with Crippen molar-refractivity contribution in [1.29, 1.82) is 0 Å². The highest BCUT2D eigenvalue weighted by atomic mass is 15.2. The van der Waals surface area contributed by atoms with Gasteiger partial charge in [-0.1, -0.05) is 26.2 Å². The van der Waals surface area contributed by atoms with Gasteiger partial charge in [0.2, 0.25) is 0 Å². The second kappa shape index (κ2) is 8.70. The van der Waals surface area contributed by atoms with Crippen LogP contribution < -0.4 is 5.32 Å². The standard InChI is InChI=1S/C18H32N2/c1-3-5-6-10-13-20-15-18(19-14-17(20)4-2)16-11-8-7-9-12-16/h1,16-19H,4-15H2,2H3. The third-order valence-electron chi connectivity index (χ3n) is 5.27. The van der Waals surface area contributed by atoms with Crippen molar-refractivity contribution in [2.45, 2.75) is 76.8 Å². The topological polar surface area (TPSA) is 15.3 Å². The first-order valence-electron chi connectivity index (χ1n) is 8.76. The second-order valence-electron chi connectivity index (χ2n) is 6.63. The zero-order chi connectivity index (χ0) is 14.2. The summed E-state index contributed by atoms with van der Waals surface area (Å²) in [5.74, 6) is 3.69. The normalized spacial score (nSPS) is 29.2. The van der Waals surface area contributed by atoms with Gasteiger partial charge >= 0.3 is 0 Å². The molecule has 1 saturated heterocycles. The van der Waals surface area contributed by atoms with Crippen LogP contribution in [0.1, 0.15) is 64.7 Å². The molecule has 1 saturated carbocycles. The summed E-state index contributed by atoms with van der Waals surface area (Å²) in [6.45, 7) is 6.01. The van der Waals surface area contributed by atoms with Gasteiger partial charge in [0.1, 0.15) is 0 Å². The summed E-state index contributed by atoms with van der Waals surface area (Å²) in [7, 11) is 0. The van der Waals surface area contributed by atoms with Crippen molar-refractivity contribution in [3.05, 3.63) is 0 Å². The predicted octanol–water partition coefficient (Wildman–Crippen LogP) is 3.42.